The van der Waals surface area contributed by atoms with Crippen molar-refractivity contribution in [3.05, 3.63) is 211 Å². The average molecular weight is 852 g/mol. The standard InChI is InChI=1S/C56H32BF2N7/c58-57(59)66-54(38-23-19-36(34-61)20-24-38)32-39-29-41(64-50-13-5-1-9-44(50)45-10-2-6-14-51(45)64)25-27-43(39)56(66)63-55-48(37-21-17-35(33-60)18-22-37)31-40-30-42(26-28-49(40)62-55)65-52-15-7-3-11-46(52)47-12-4-8-16-53(47)65/h1-32H/b63-56-. The molecule has 4 aromatic heterocycles. The number of nitrogens with zero attached hydrogens (tertiary/aromatic N) is 7. The number of pyridine rings is 2. The lowest BCUT2D eigenvalue weighted by Gasteiger charge is -2.17. The zero-order valence-electron chi connectivity index (χ0n) is 34.9. The molecule has 0 fully saturated rings. The molecule has 0 amide bonds. The van der Waals surface area contributed by atoms with E-state index in [-0.39, 0.29) is 17.0 Å². The quantitative estimate of drug-likeness (QED) is 0.156. The van der Waals surface area contributed by atoms with Crippen LogP contribution in [-0.4, -0.2) is 26.0 Å². The van der Waals surface area contributed by atoms with E-state index in [9.17, 15) is 10.5 Å². The highest BCUT2D eigenvalue weighted by atomic mass is 19.2. The Hall–Kier alpha value is -9.12. The van der Waals surface area contributed by atoms with Crippen LogP contribution >= 0.6 is 0 Å². The molecular weight excluding hydrogens is 819 g/mol. The third kappa shape index (κ3) is 6.16. The molecule has 8 aromatic carbocycles. The summed E-state index contributed by atoms with van der Waals surface area (Å²) < 4.78 is 37.3. The highest BCUT2D eigenvalue weighted by Gasteiger charge is 2.25. The third-order valence-corrected chi connectivity index (χ3v) is 12.6. The Morgan fingerprint density at radius 3 is 1.44 bits per heavy atom. The van der Waals surface area contributed by atoms with Crippen molar-refractivity contribution in [3.63, 3.8) is 0 Å². The Labute approximate surface area is 376 Å². The van der Waals surface area contributed by atoms with Gasteiger partial charge in [0.15, 0.2) is 5.82 Å². The van der Waals surface area contributed by atoms with Crippen LogP contribution in [-0.2, 0) is 0 Å². The van der Waals surface area contributed by atoms with Crippen molar-refractivity contribution >= 4 is 78.5 Å². The highest BCUT2D eigenvalue weighted by Crippen LogP contribution is 2.38. The largest absolute Gasteiger partial charge is 0.679 e. The summed E-state index contributed by atoms with van der Waals surface area (Å²) in [6.45, 7) is 0. The Morgan fingerprint density at radius 2 is 0.939 bits per heavy atom. The summed E-state index contributed by atoms with van der Waals surface area (Å²) in [6, 6.07) is 66.8. The topological polar surface area (TPSA) is 87.6 Å². The van der Waals surface area contributed by atoms with E-state index in [1.54, 1.807) is 42.5 Å². The molecule has 0 atom stereocenters. The van der Waals surface area contributed by atoms with Crippen LogP contribution in [0.15, 0.2) is 199 Å². The minimum absolute atomic E-state index is 0.0132. The van der Waals surface area contributed by atoms with Crippen molar-refractivity contribution in [2.24, 2.45) is 4.99 Å². The lowest BCUT2D eigenvalue weighted by Crippen LogP contribution is -2.31. The van der Waals surface area contributed by atoms with Gasteiger partial charge in [0.05, 0.1) is 50.8 Å². The summed E-state index contributed by atoms with van der Waals surface area (Å²) in [7, 11) is -3.01. The van der Waals surface area contributed by atoms with Crippen molar-refractivity contribution in [2.45, 2.75) is 0 Å². The second-order valence-electron chi connectivity index (χ2n) is 16.2. The molecule has 12 aromatic rings. The zero-order chi connectivity index (χ0) is 44.5. The summed E-state index contributed by atoms with van der Waals surface area (Å²) in [4.78, 5) is 10.3. The van der Waals surface area contributed by atoms with Gasteiger partial charge in [0, 0.05) is 54.9 Å². The first-order valence-electron chi connectivity index (χ1n) is 21.4. The molecule has 0 aliphatic carbocycles. The van der Waals surface area contributed by atoms with Crippen molar-refractivity contribution in [1.82, 2.24) is 18.6 Å². The molecule has 0 radical (unpaired) electrons. The van der Waals surface area contributed by atoms with Gasteiger partial charge in [0.25, 0.3) is 0 Å². The van der Waals surface area contributed by atoms with Crippen LogP contribution in [0.2, 0.25) is 0 Å². The van der Waals surface area contributed by atoms with Gasteiger partial charge in [-0.1, -0.05) is 97.1 Å². The number of aromatic nitrogens is 4. The number of hydrogen-bond donors (Lipinski definition) is 0. The average Bonchev–Trinajstić information content (AvgIpc) is 3.89. The number of fused-ring (bicyclic) bond motifs is 8. The van der Waals surface area contributed by atoms with Gasteiger partial charge >= 0.3 is 7.40 Å². The van der Waals surface area contributed by atoms with Gasteiger partial charge in [-0.25, -0.2) is 9.98 Å². The van der Waals surface area contributed by atoms with Crippen LogP contribution in [0.4, 0.5) is 14.4 Å². The minimum atomic E-state index is -3.01. The molecule has 0 saturated heterocycles. The maximum absolute atomic E-state index is 16.0. The molecule has 0 N–H and O–H groups in total. The van der Waals surface area contributed by atoms with Crippen LogP contribution in [0.3, 0.4) is 0 Å². The summed E-state index contributed by atoms with van der Waals surface area (Å²) in [5.41, 5.74) is 9.52. The van der Waals surface area contributed by atoms with Gasteiger partial charge in [0.1, 0.15) is 5.49 Å². The third-order valence-electron chi connectivity index (χ3n) is 12.6. The second-order valence-corrected chi connectivity index (χ2v) is 16.2. The summed E-state index contributed by atoms with van der Waals surface area (Å²) >= 11 is 0. The van der Waals surface area contributed by atoms with Crippen LogP contribution in [0.1, 0.15) is 11.1 Å². The maximum Gasteiger partial charge on any atom is 0.679 e. The van der Waals surface area contributed by atoms with Gasteiger partial charge in [-0.15, -0.1) is 0 Å². The molecule has 0 spiro atoms. The molecule has 4 heterocycles. The molecule has 0 aliphatic rings. The lowest BCUT2D eigenvalue weighted by atomic mass is 10.0. The van der Waals surface area contributed by atoms with Gasteiger partial charge in [0.2, 0.25) is 0 Å². The fourth-order valence-electron chi connectivity index (χ4n) is 9.54. The van der Waals surface area contributed by atoms with Crippen LogP contribution in [0, 0.1) is 22.7 Å². The first kappa shape index (κ1) is 38.6. The predicted octanol–water partition coefficient (Wildman–Crippen LogP) is 13.5. The Bertz CT molecular complexity index is 4010. The Balaban J connectivity index is 1.14. The molecule has 66 heavy (non-hydrogen) atoms. The summed E-state index contributed by atoms with van der Waals surface area (Å²) in [5, 5.41) is 25.8. The van der Waals surface area contributed by atoms with Gasteiger partial charge in [-0.3, -0.25) is 8.63 Å². The highest BCUT2D eigenvalue weighted by molar-refractivity contribution is 6.41. The van der Waals surface area contributed by atoms with E-state index >= 15 is 8.63 Å². The Kier molecular flexibility index (Phi) is 8.94. The maximum atomic E-state index is 16.0. The first-order valence-corrected chi connectivity index (χ1v) is 21.4. The molecule has 0 saturated carbocycles. The van der Waals surface area contributed by atoms with Crippen LogP contribution in [0.25, 0.3) is 99.0 Å². The Morgan fingerprint density at radius 1 is 0.470 bits per heavy atom. The monoisotopic (exact) mass is 851 g/mol. The van der Waals surface area contributed by atoms with Crippen LogP contribution < -0.4 is 5.49 Å². The molecule has 12 rings (SSSR count). The number of halogens is 2. The normalized spacial score (nSPS) is 11.8. The molecule has 0 aliphatic heterocycles. The number of rotatable bonds is 6. The molecule has 10 heteroatoms. The van der Waals surface area contributed by atoms with Gasteiger partial charge in [-0.05, 0) is 114 Å². The molecule has 0 unspecified atom stereocenters. The number of benzene rings is 8. The van der Waals surface area contributed by atoms with Crippen LogP contribution in [0.5, 0.6) is 0 Å². The van der Waals surface area contributed by atoms with E-state index in [2.05, 4.69) is 75.9 Å². The van der Waals surface area contributed by atoms with E-state index in [4.69, 9.17) is 9.98 Å². The lowest BCUT2D eigenvalue weighted by molar-refractivity contribution is 0.623. The second kappa shape index (κ2) is 15.3. The molecule has 308 valence electrons. The number of nitriles is 2. The number of para-hydroxylation sites is 4. The zero-order valence-corrected chi connectivity index (χ0v) is 34.9. The first-order chi connectivity index (χ1) is 32.4. The molecule has 7 nitrogen and oxygen atoms in total. The fourth-order valence-corrected chi connectivity index (χ4v) is 9.54. The molecular formula is C56H32BF2N7. The van der Waals surface area contributed by atoms with Crippen molar-refractivity contribution in [3.8, 4) is 45.9 Å². The van der Waals surface area contributed by atoms with Crippen molar-refractivity contribution in [2.75, 3.05) is 0 Å². The van der Waals surface area contributed by atoms with E-state index in [1.165, 1.54) is 0 Å². The van der Waals surface area contributed by atoms with Crippen molar-refractivity contribution < 1.29 is 8.63 Å². The van der Waals surface area contributed by atoms with Gasteiger partial charge in [-0.2, -0.15) is 10.5 Å². The summed E-state index contributed by atoms with van der Waals surface area (Å²) in [5.74, 6) is 0.232. The minimum Gasteiger partial charge on any atom is -0.309 e. The van der Waals surface area contributed by atoms with E-state index in [1.807, 2.05) is 97.1 Å². The molecule has 0 bridgehead atoms. The number of hydrogen-bond acceptors (Lipinski definition) is 4. The smallest absolute Gasteiger partial charge is 0.309 e. The van der Waals surface area contributed by atoms with Crippen molar-refractivity contribution in [1.29, 1.82) is 10.5 Å². The van der Waals surface area contributed by atoms with E-state index < -0.39 is 7.40 Å². The van der Waals surface area contributed by atoms with E-state index in [0.717, 1.165) is 64.9 Å². The van der Waals surface area contributed by atoms with E-state index in [0.29, 0.717) is 44.1 Å². The SMILES string of the molecule is N#Cc1ccc(-c2cc3cc(-n4c5ccccc5c5ccccc54)ccc3nc2/N=c2/c3ccc(-n4c5ccccc5c5ccccc54)cc3cc(-c3ccc(C#N)cc3)n2B(F)F)cc1. The van der Waals surface area contributed by atoms with Gasteiger partial charge < -0.3 is 13.6 Å². The fraction of sp³-hybridized carbons (Fsp3) is 0. The predicted molar refractivity (Wildman–Crippen MR) is 261 cm³/mol. The summed E-state index contributed by atoms with van der Waals surface area (Å²) in [6.07, 6.45) is 0.